The second-order valence-corrected chi connectivity index (χ2v) is 9.70. The van der Waals surface area contributed by atoms with Crippen LogP contribution in [0.3, 0.4) is 0 Å². The second kappa shape index (κ2) is 9.18. The number of ether oxygens (including phenoxy) is 2. The monoisotopic (exact) mass is 511 g/mol. The van der Waals surface area contributed by atoms with Gasteiger partial charge in [0, 0.05) is 0 Å². The van der Waals surface area contributed by atoms with Gasteiger partial charge in [-0.05, 0) is 42.3 Å². The molecule has 0 aliphatic carbocycles. The number of amides is 1. The van der Waals surface area contributed by atoms with E-state index in [-0.39, 0.29) is 16.8 Å². The first-order chi connectivity index (χ1) is 18.0. The van der Waals surface area contributed by atoms with E-state index in [9.17, 15) is 9.59 Å². The Labute approximate surface area is 215 Å². The molecule has 37 heavy (non-hydrogen) atoms. The molecule has 0 saturated heterocycles. The summed E-state index contributed by atoms with van der Waals surface area (Å²) in [5, 5.41) is 9.77. The highest BCUT2D eigenvalue weighted by Crippen LogP contribution is 2.44. The summed E-state index contributed by atoms with van der Waals surface area (Å²) in [6, 6.07) is 21.3. The minimum atomic E-state index is -0.771. The smallest absolute Gasteiger partial charge is 0.297 e. The number of rotatable bonds is 6. The molecule has 184 valence electrons. The molecular formula is C28H21N3O5S. The van der Waals surface area contributed by atoms with Crippen LogP contribution in [0.2, 0.25) is 0 Å². The van der Waals surface area contributed by atoms with Crippen LogP contribution < -0.4 is 19.8 Å². The maximum Gasteiger partial charge on any atom is 0.297 e. The number of para-hydroxylation sites is 1. The molecule has 0 radical (unpaired) electrons. The van der Waals surface area contributed by atoms with Crippen LogP contribution in [0.5, 0.6) is 11.5 Å². The summed E-state index contributed by atoms with van der Waals surface area (Å²) in [4.78, 5) is 28.8. The Morgan fingerprint density at radius 3 is 2.51 bits per heavy atom. The number of carbonyl (C=O) groups excluding carboxylic acids is 1. The van der Waals surface area contributed by atoms with Crippen molar-refractivity contribution < 1.29 is 18.7 Å². The third kappa shape index (κ3) is 3.93. The quantitative estimate of drug-likeness (QED) is 0.306. The van der Waals surface area contributed by atoms with Crippen LogP contribution in [0, 0.1) is 6.92 Å². The summed E-state index contributed by atoms with van der Waals surface area (Å²) in [5.74, 6) is 0.587. The first-order valence-corrected chi connectivity index (χ1v) is 12.4. The van der Waals surface area contributed by atoms with E-state index in [4.69, 9.17) is 13.9 Å². The van der Waals surface area contributed by atoms with Crippen LogP contribution in [-0.2, 0) is 6.61 Å². The molecule has 0 unspecified atom stereocenters. The van der Waals surface area contributed by atoms with Crippen LogP contribution >= 0.6 is 11.3 Å². The average Bonchev–Trinajstić information content (AvgIpc) is 3.48. The van der Waals surface area contributed by atoms with E-state index >= 15 is 0 Å². The summed E-state index contributed by atoms with van der Waals surface area (Å²) >= 11 is 1.27. The standard InChI is InChI=1S/C28H21N3O5S/c1-16-29-30-28(37-16)31-24(23-25(32)19-10-6-7-11-20(19)36-26(23)27(31)33)18-12-13-21(22(14-18)34-2)35-15-17-8-4-3-5-9-17/h3-14,24H,15H2,1-2H3/t24-/m0/s1. The lowest BCUT2D eigenvalue weighted by molar-refractivity contribution is 0.0970. The Morgan fingerprint density at radius 2 is 1.76 bits per heavy atom. The van der Waals surface area contributed by atoms with Crippen molar-refractivity contribution in [1.82, 2.24) is 10.2 Å². The van der Waals surface area contributed by atoms with Gasteiger partial charge in [0.15, 0.2) is 16.9 Å². The number of fused-ring (bicyclic) bond motifs is 2. The number of anilines is 1. The molecule has 8 nitrogen and oxygen atoms in total. The largest absolute Gasteiger partial charge is 0.493 e. The molecule has 6 rings (SSSR count). The molecule has 3 aromatic carbocycles. The van der Waals surface area contributed by atoms with Gasteiger partial charge in [-0.2, -0.15) is 0 Å². The third-order valence-electron chi connectivity index (χ3n) is 6.24. The fourth-order valence-corrected chi connectivity index (χ4v) is 5.24. The zero-order chi connectivity index (χ0) is 25.5. The van der Waals surface area contributed by atoms with E-state index in [1.165, 1.54) is 16.2 Å². The lowest BCUT2D eigenvalue weighted by Gasteiger charge is -2.23. The molecule has 9 heteroatoms. The topological polar surface area (TPSA) is 94.8 Å². The predicted molar refractivity (Wildman–Crippen MR) is 140 cm³/mol. The second-order valence-electron chi connectivity index (χ2n) is 8.54. The van der Waals surface area contributed by atoms with Gasteiger partial charge >= 0.3 is 0 Å². The first kappa shape index (κ1) is 22.9. The molecule has 1 aliphatic rings. The Balaban J connectivity index is 1.48. The van der Waals surface area contributed by atoms with Crippen LogP contribution in [-0.4, -0.2) is 23.2 Å². The summed E-state index contributed by atoms with van der Waals surface area (Å²) in [7, 11) is 1.55. The zero-order valence-corrected chi connectivity index (χ0v) is 20.8. The predicted octanol–water partition coefficient (Wildman–Crippen LogP) is 5.29. The minimum Gasteiger partial charge on any atom is -0.493 e. The fourth-order valence-electron chi connectivity index (χ4n) is 4.52. The lowest BCUT2D eigenvalue weighted by atomic mass is 9.98. The van der Waals surface area contributed by atoms with Gasteiger partial charge < -0.3 is 13.9 Å². The SMILES string of the molecule is COc1cc([C@H]2c3c(oc4ccccc4c3=O)C(=O)N2c2nnc(C)s2)ccc1OCc1ccccc1. The molecule has 0 fully saturated rings. The molecule has 1 atom stereocenters. The Bertz CT molecular complexity index is 1700. The lowest BCUT2D eigenvalue weighted by Crippen LogP contribution is -2.29. The van der Waals surface area contributed by atoms with Crippen molar-refractivity contribution in [3.8, 4) is 11.5 Å². The van der Waals surface area contributed by atoms with E-state index in [1.807, 2.05) is 43.3 Å². The van der Waals surface area contributed by atoms with Crippen molar-refractivity contribution in [1.29, 1.82) is 0 Å². The van der Waals surface area contributed by atoms with E-state index in [2.05, 4.69) is 10.2 Å². The highest BCUT2D eigenvalue weighted by Gasteiger charge is 2.45. The first-order valence-electron chi connectivity index (χ1n) is 11.6. The normalized spacial score (nSPS) is 14.7. The number of carbonyl (C=O) groups is 1. The van der Waals surface area contributed by atoms with Gasteiger partial charge in [0.25, 0.3) is 5.91 Å². The molecular weight excluding hydrogens is 490 g/mol. The summed E-state index contributed by atoms with van der Waals surface area (Å²) in [5.41, 5.74) is 2.03. The van der Waals surface area contributed by atoms with Gasteiger partial charge in [0.1, 0.15) is 17.2 Å². The van der Waals surface area contributed by atoms with Gasteiger partial charge in [-0.3, -0.25) is 14.5 Å². The molecule has 1 aliphatic heterocycles. The van der Waals surface area contributed by atoms with Gasteiger partial charge in [-0.15, -0.1) is 10.2 Å². The van der Waals surface area contributed by atoms with Gasteiger partial charge in [0.05, 0.1) is 24.1 Å². The molecule has 0 bridgehead atoms. The third-order valence-corrected chi connectivity index (χ3v) is 7.08. The maximum atomic E-state index is 13.7. The van der Waals surface area contributed by atoms with Crippen molar-refractivity contribution in [3.63, 3.8) is 0 Å². The number of hydrogen-bond donors (Lipinski definition) is 0. The molecule has 5 aromatic rings. The van der Waals surface area contributed by atoms with E-state index in [0.717, 1.165) is 5.56 Å². The molecule has 0 saturated carbocycles. The average molecular weight is 512 g/mol. The number of nitrogens with zero attached hydrogens (tertiary/aromatic N) is 3. The Kier molecular flexibility index (Phi) is 5.69. The maximum absolute atomic E-state index is 13.7. The van der Waals surface area contributed by atoms with E-state index < -0.39 is 11.9 Å². The van der Waals surface area contributed by atoms with Crippen LogP contribution in [0.25, 0.3) is 11.0 Å². The summed E-state index contributed by atoms with van der Waals surface area (Å²) in [6.07, 6.45) is 0. The molecule has 0 spiro atoms. The summed E-state index contributed by atoms with van der Waals surface area (Å²) < 4.78 is 17.6. The van der Waals surface area contributed by atoms with Crippen molar-refractivity contribution in [2.24, 2.45) is 0 Å². The number of benzene rings is 3. The van der Waals surface area contributed by atoms with E-state index in [0.29, 0.717) is 44.8 Å². The highest BCUT2D eigenvalue weighted by atomic mass is 32.1. The van der Waals surface area contributed by atoms with Crippen molar-refractivity contribution >= 4 is 33.3 Å². The molecule has 2 aromatic heterocycles. The molecule has 0 N–H and O–H groups in total. The van der Waals surface area contributed by atoms with Crippen molar-refractivity contribution in [3.05, 3.63) is 110 Å². The highest BCUT2D eigenvalue weighted by molar-refractivity contribution is 7.15. The summed E-state index contributed by atoms with van der Waals surface area (Å²) in [6.45, 7) is 2.18. The Morgan fingerprint density at radius 1 is 0.973 bits per heavy atom. The molecule has 3 heterocycles. The fraction of sp³-hybridized carbons (Fsp3) is 0.143. The van der Waals surface area contributed by atoms with Crippen LogP contribution in [0.1, 0.15) is 38.3 Å². The van der Waals surface area contributed by atoms with Crippen molar-refractivity contribution in [2.75, 3.05) is 12.0 Å². The number of aromatic nitrogens is 2. The minimum absolute atomic E-state index is 0.00456. The number of aryl methyl sites for hydroxylation is 1. The zero-order valence-electron chi connectivity index (χ0n) is 20.0. The molecule has 1 amide bonds. The van der Waals surface area contributed by atoms with Gasteiger partial charge in [-0.1, -0.05) is 59.9 Å². The number of hydrogen-bond acceptors (Lipinski definition) is 8. The number of methoxy groups -OCH3 is 1. The van der Waals surface area contributed by atoms with Crippen LogP contribution in [0.4, 0.5) is 5.13 Å². The van der Waals surface area contributed by atoms with E-state index in [1.54, 1.807) is 43.5 Å². The van der Waals surface area contributed by atoms with Gasteiger partial charge in [-0.25, -0.2) is 0 Å². The van der Waals surface area contributed by atoms with Crippen molar-refractivity contribution in [2.45, 2.75) is 19.6 Å². The Hall–Kier alpha value is -4.50. The van der Waals surface area contributed by atoms with Gasteiger partial charge in [0.2, 0.25) is 10.9 Å². The van der Waals surface area contributed by atoms with Crippen LogP contribution in [0.15, 0.2) is 82.0 Å².